The molecule has 2 heterocycles. The van der Waals surface area contributed by atoms with E-state index < -0.39 is 5.41 Å². The number of fused-ring (bicyclic) bond motifs is 2. The van der Waals surface area contributed by atoms with Crippen LogP contribution in [0.25, 0.3) is 0 Å². The van der Waals surface area contributed by atoms with Crippen molar-refractivity contribution in [2.24, 2.45) is 0 Å². The Morgan fingerprint density at radius 2 is 1.68 bits per heavy atom. The summed E-state index contributed by atoms with van der Waals surface area (Å²) in [6.45, 7) is 5.37. The standard InChI is InChI=1S/C22H25NO5/c1-22(2,16-5-6-17-20(11-16)28-13-27-17)21(24)23-8-7-14-9-18(25-3)19(26-4)10-15(14)12-23/h5-6,9-11H,7-8,12-13H2,1-4H3. The maximum Gasteiger partial charge on any atom is 0.232 e. The summed E-state index contributed by atoms with van der Waals surface area (Å²) in [6.07, 6.45) is 0.790. The molecule has 1 amide bonds. The van der Waals surface area contributed by atoms with Gasteiger partial charge in [-0.3, -0.25) is 4.79 Å². The van der Waals surface area contributed by atoms with Gasteiger partial charge in [-0.05, 0) is 61.2 Å². The van der Waals surface area contributed by atoms with E-state index in [9.17, 15) is 4.79 Å². The summed E-state index contributed by atoms with van der Waals surface area (Å²) in [5.41, 5.74) is 2.54. The summed E-state index contributed by atoms with van der Waals surface area (Å²) in [7, 11) is 3.26. The van der Waals surface area contributed by atoms with Crippen molar-refractivity contribution < 1.29 is 23.7 Å². The van der Waals surface area contributed by atoms with Crippen LogP contribution in [0, 0.1) is 0 Å². The second-order valence-electron chi connectivity index (χ2n) is 7.65. The molecule has 0 aliphatic carbocycles. The molecule has 2 aromatic rings. The number of methoxy groups -OCH3 is 2. The quantitative estimate of drug-likeness (QED) is 0.811. The lowest BCUT2D eigenvalue weighted by Gasteiger charge is -2.36. The van der Waals surface area contributed by atoms with E-state index in [2.05, 4.69) is 0 Å². The van der Waals surface area contributed by atoms with E-state index in [1.54, 1.807) is 14.2 Å². The van der Waals surface area contributed by atoms with Crippen LogP contribution in [0.3, 0.4) is 0 Å². The number of amides is 1. The average molecular weight is 383 g/mol. The molecule has 0 atom stereocenters. The Hall–Kier alpha value is -2.89. The molecule has 0 N–H and O–H groups in total. The van der Waals surface area contributed by atoms with Gasteiger partial charge < -0.3 is 23.8 Å². The van der Waals surface area contributed by atoms with E-state index in [-0.39, 0.29) is 12.7 Å². The Morgan fingerprint density at radius 3 is 2.39 bits per heavy atom. The van der Waals surface area contributed by atoms with Crippen LogP contribution in [0.15, 0.2) is 30.3 Å². The van der Waals surface area contributed by atoms with E-state index in [0.29, 0.717) is 24.6 Å². The van der Waals surface area contributed by atoms with Gasteiger partial charge >= 0.3 is 0 Å². The molecule has 28 heavy (non-hydrogen) atoms. The number of carbonyl (C=O) groups excluding carboxylic acids is 1. The van der Waals surface area contributed by atoms with Gasteiger partial charge in [0.25, 0.3) is 0 Å². The molecule has 6 heteroatoms. The molecule has 4 rings (SSSR count). The van der Waals surface area contributed by atoms with Gasteiger partial charge in [-0.25, -0.2) is 0 Å². The number of hydrogen-bond acceptors (Lipinski definition) is 5. The summed E-state index contributed by atoms with van der Waals surface area (Å²) in [5.74, 6) is 2.92. The number of benzene rings is 2. The number of hydrogen-bond donors (Lipinski definition) is 0. The Kier molecular flexibility index (Phi) is 4.57. The molecule has 0 saturated heterocycles. The van der Waals surface area contributed by atoms with Gasteiger partial charge in [0.2, 0.25) is 12.7 Å². The molecule has 0 unspecified atom stereocenters. The minimum atomic E-state index is -0.672. The van der Waals surface area contributed by atoms with Crippen LogP contribution in [-0.2, 0) is 23.2 Å². The fourth-order valence-electron chi connectivity index (χ4n) is 3.86. The molecule has 2 aliphatic rings. The lowest BCUT2D eigenvalue weighted by atomic mass is 9.82. The zero-order valence-corrected chi connectivity index (χ0v) is 16.7. The van der Waals surface area contributed by atoms with Crippen LogP contribution >= 0.6 is 0 Å². The van der Waals surface area contributed by atoms with Crippen LogP contribution in [0.1, 0.15) is 30.5 Å². The second-order valence-corrected chi connectivity index (χ2v) is 7.65. The molecule has 0 bridgehead atoms. The van der Waals surface area contributed by atoms with Crippen molar-refractivity contribution >= 4 is 5.91 Å². The molecule has 148 valence electrons. The van der Waals surface area contributed by atoms with Crippen LogP contribution in [0.5, 0.6) is 23.0 Å². The Balaban J connectivity index is 1.59. The lowest BCUT2D eigenvalue weighted by Crippen LogP contribution is -2.45. The van der Waals surface area contributed by atoms with Crippen molar-refractivity contribution in [3.8, 4) is 23.0 Å². The van der Waals surface area contributed by atoms with Gasteiger partial charge in [0.05, 0.1) is 19.6 Å². The van der Waals surface area contributed by atoms with Crippen LogP contribution < -0.4 is 18.9 Å². The molecule has 2 aromatic carbocycles. The van der Waals surface area contributed by atoms with Gasteiger partial charge in [0.15, 0.2) is 23.0 Å². The number of carbonyl (C=O) groups is 1. The highest BCUT2D eigenvalue weighted by molar-refractivity contribution is 5.88. The molecule has 0 radical (unpaired) electrons. The first-order valence-electron chi connectivity index (χ1n) is 9.37. The van der Waals surface area contributed by atoms with E-state index in [0.717, 1.165) is 29.0 Å². The first-order chi connectivity index (χ1) is 13.4. The molecular weight excluding hydrogens is 358 g/mol. The van der Waals surface area contributed by atoms with Crippen molar-refractivity contribution in [2.75, 3.05) is 27.6 Å². The Labute approximate surface area is 165 Å². The summed E-state index contributed by atoms with van der Waals surface area (Å²) < 4.78 is 21.7. The van der Waals surface area contributed by atoms with Crippen molar-refractivity contribution in [1.82, 2.24) is 4.90 Å². The van der Waals surface area contributed by atoms with Crippen LogP contribution in [0.2, 0.25) is 0 Å². The van der Waals surface area contributed by atoms with E-state index in [1.165, 1.54) is 5.56 Å². The Bertz CT molecular complexity index is 921. The number of ether oxygens (including phenoxy) is 4. The van der Waals surface area contributed by atoms with Crippen molar-refractivity contribution in [3.05, 3.63) is 47.0 Å². The van der Waals surface area contributed by atoms with Crippen LogP contribution in [-0.4, -0.2) is 38.4 Å². The number of nitrogens with zero attached hydrogens (tertiary/aromatic N) is 1. The predicted molar refractivity (Wildman–Crippen MR) is 104 cm³/mol. The molecular formula is C22H25NO5. The summed E-state index contributed by atoms with van der Waals surface area (Å²) in [6, 6.07) is 9.71. The first kappa shape index (κ1) is 18.5. The van der Waals surface area contributed by atoms with E-state index in [1.807, 2.05) is 49.1 Å². The zero-order chi connectivity index (χ0) is 19.9. The summed E-state index contributed by atoms with van der Waals surface area (Å²) in [4.78, 5) is 15.3. The number of rotatable bonds is 4. The monoisotopic (exact) mass is 383 g/mol. The topological polar surface area (TPSA) is 57.2 Å². The molecule has 0 saturated carbocycles. The third-order valence-electron chi connectivity index (χ3n) is 5.63. The predicted octanol–water partition coefficient (Wildman–Crippen LogP) is 3.30. The normalized spacial score (nSPS) is 15.2. The molecule has 2 aliphatic heterocycles. The largest absolute Gasteiger partial charge is 0.493 e. The SMILES string of the molecule is COc1cc2c(cc1OC)CN(C(=O)C(C)(C)c1ccc3c(c1)OCO3)CC2. The Morgan fingerprint density at radius 1 is 1.00 bits per heavy atom. The minimum Gasteiger partial charge on any atom is -0.493 e. The average Bonchev–Trinajstić information content (AvgIpc) is 3.19. The molecule has 0 fully saturated rings. The van der Waals surface area contributed by atoms with Crippen molar-refractivity contribution in [3.63, 3.8) is 0 Å². The smallest absolute Gasteiger partial charge is 0.232 e. The highest BCUT2D eigenvalue weighted by atomic mass is 16.7. The zero-order valence-electron chi connectivity index (χ0n) is 16.7. The maximum absolute atomic E-state index is 13.4. The fourth-order valence-corrected chi connectivity index (χ4v) is 3.86. The summed E-state index contributed by atoms with van der Waals surface area (Å²) in [5, 5.41) is 0. The van der Waals surface area contributed by atoms with Crippen molar-refractivity contribution in [1.29, 1.82) is 0 Å². The lowest BCUT2D eigenvalue weighted by molar-refractivity contribution is -0.137. The van der Waals surface area contributed by atoms with Crippen LogP contribution in [0.4, 0.5) is 0 Å². The highest BCUT2D eigenvalue weighted by Gasteiger charge is 2.36. The van der Waals surface area contributed by atoms with Crippen molar-refractivity contribution in [2.45, 2.75) is 32.2 Å². The van der Waals surface area contributed by atoms with Gasteiger partial charge in [0.1, 0.15) is 0 Å². The minimum absolute atomic E-state index is 0.0896. The summed E-state index contributed by atoms with van der Waals surface area (Å²) >= 11 is 0. The molecule has 6 nitrogen and oxygen atoms in total. The maximum atomic E-state index is 13.4. The third-order valence-corrected chi connectivity index (χ3v) is 5.63. The second kappa shape index (κ2) is 6.93. The van der Waals surface area contributed by atoms with Gasteiger partial charge in [-0.15, -0.1) is 0 Å². The van der Waals surface area contributed by atoms with E-state index >= 15 is 0 Å². The van der Waals surface area contributed by atoms with Gasteiger partial charge in [-0.2, -0.15) is 0 Å². The highest BCUT2D eigenvalue weighted by Crippen LogP contribution is 2.38. The van der Waals surface area contributed by atoms with Gasteiger partial charge in [-0.1, -0.05) is 6.07 Å². The fraction of sp³-hybridized carbons (Fsp3) is 0.409. The van der Waals surface area contributed by atoms with E-state index in [4.69, 9.17) is 18.9 Å². The molecule has 0 spiro atoms. The van der Waals surface area contributed by atoms with Gasteiger partial charge in [0, 0.05) is 13.1 Å². The third kappa shape index (κ3) is 3.03. The molecule has 0 aromatic heterocycles. The first-order valence-corrected chi connectivity index (χ1v) is 9.37.